The standard InChI is InChI=1S/C15H17N3O2/c1-19-13-9-8-11(10-14(13)20-2)15(18-16)17-12-6-4-3-5-7-12/h3-10H,16H2,1-2H3,(H,17,18). The number of nitrogens with zero attached hydrogens (tertiary/aromatic N) is 1. The summed E-state index contributed by atoms with van der Waals surface area (Å²) < 4.78 is 10.5. The van der Waals surface area contributed by atoms with Gasteiger partial charge in [0.05, 0.1) is 19.9 Å². The van der Waals surface area contributed by atoms with E-state index in [1.807, 2.05) is 48.5 Å². The van der Waals surface area contributed by atoms with E-state index in [2.05, 4.69) is 10.4 Å². The monoisotopic (exact) mass is 271 g/mol. The van der Waals surface area contributed by atoms with Crippen LogP contribution in [0.5, 0.6) is 11.5 Å². The Morgan fingerprint density at radius 1 is 1.00 bits per heavy atom. The molecule has 0 heterocycles. The highest BCUT2D eigenvalue weighted by molar-refractivity contribution is 6.00. The van der Waals surface area contributed by atoms with Crippen LogP contribution in [0.2, 0.25) is 0 Å². The minimum atomic E-state index is 0.553. The lowest BCUT2D eigenvalue weighted by atomic mass is 10.2. The summed E-state index contributed by atoms with van der Waals surface area (Å²) in [6.45, 7) is 0. The van der Waals surface area contributed by atoms with Crippen molar-refractivity contribution in [2.75, 3.05) is 14.2 Å². The van der Waals surface area contributed by atoms with Crippen molar-refractivity contribution in [1.29, 1.82) is 0 Å². The van der Waals surface area contributed by atoms with Gasteiger partial charge in [-0.2, -0.15) is 0 Å². The van der Waals surface area contributed by atoms with Crippen molar-refractivity contribution < 1.29 is 9.47 Å². The van der Waals surface area contributed by atoms with Crippen LogP contribution in [0.1, 0.15) is 5.56 Å². The molecule has 0 spiro atoms. The first-order chi connectivity index (χ1) is 9.78. The number of aliphatic imine (C=N–C) groups is 1. The van der Waals surface area contributed by atoms with Crippen LogP contribution in [0.4, 0.5) is 5.69 Å². The van der Waals surface area contributed by atoms with Gasteiger partial charge in [-0.25, -0.2) is 10.8 Å². The third kappa shape index (κ3) is 3.07. The number of methoxy groups -OCH3 is 2. The van der Waals surface area contributed by atoms with E-state index in [-0.39, 0.29) is 0 Å². The molecule has 0 aromatic heterocycles. The summed E-state index contributed by atoms with van der Waals surface area (Å²) in [5.41, 5.74) is 4.24. The molecule has 3 N–H and O–H groups in total. The molecule has 2 aromatic rings. The first-order valence-electron chi connectivity index (χ1n) is 6.11. The highest BCUT2D eigenvalue weighted by Gasteiger charge is 2.08. The van der Waals surface area contributed by atoms with Gasteiger partial charge >= 0.3 is 0 Å². The second kappa shape index (κ2) is 6.58. The molecule has 0 saturated heterocycles. The molecule has 2 rings (SSSR count). The zero-order chi connectivity index (χ0) is 14.4. The Morgan fingerprint density at radius 2 is 1.70 bits per heavy atom. The average Bonchev–Trinajstić information content (AvgIpc) is 2.53. The maximum absolute atomic E-state index is 5.56. The van der Waals surface area contributed by atoms with Gasteiger partial charge < -0.3 is 14.9 Å². The van der Waals surface area contributed by atoms with Crippen LogP contribution in [-0.4, -0.2) is 20.1 Å². The number of hydrogen-bond donors (Lipinski definition) is 2. The smallest absolute Gasteiger partial charge is 0.161 e. The average molecular weight is 271 g/mol. The predicted octanol–water partition coefficient (Wildman–Crippen LogP) is 2.25. The number of benzene rings is 2. The molecule has 104 valence electrons. The van der Waals surface area contributed by atoms with Crippen molar-refractivity contribution in [3.05, 3.63) is 54.1 Å². The quantitative estimate of drug-likeness (QED) is 0.387. The van der Waals surface area contributed by atoms with Crippen LogP contribution in [-0.2, 0) is 0 Å². The van der Waals surface area contributed by atoms with Gasteiger partial charge in [0.1, 0.15) is 5.84 Å². The van der Waals surface area contributed by atoms with Crippen LogP contribution in [0.15, 0.2) is 53.5 Å². The zero-order valence-electron chi connectivity index (χ0n) is 11.5. The fourth-order valence-corrected chi connectivity index (χ4v) is 1.80. The summed E-state index contributed by atoms with van der Waals surface area (Å²) in [7, 11) is 3.18. The Hall–Kier alpha value is -2.53. The molecule has 5 nitrogen and oxygen atoms in total. The molecule has 0 aliphatic rings. The van der Waals surface area contributed by atoms with Crippen LogP contribution in [0, 0.1) is 0 Å². The number of hydrazine groups is 1. The highest BCUT2D eigenvalue weighted by atomic mass is 16.5. The van der Waals surface area contributed by atoms with Gasteiger partial charge in [-0.1, -0.05) is 18.2 Å². The van der Waals surface area contributed by atoms with E-state index < -0.39 is 0 Å². The lowest BCUT2D eigenvalue weighted by Crippen LogP contribution is -2.30. The third-order valence-corrected chi connectivity index (χ3v) is 2.79. The largest absolute Gasteiger partial charge is 0.493 e. The topological polar surface area (TPSA) is 68.9 Å². The molecule has 0 radical (unpaired) electrons. The maximum Gasteiger partial charge on any atom is 0.161 e. The molecule has 0 saturated carbocycles. The molecule has 0 unspecified atom stereocenters. The fraction of sp³-hybridized carbons (Fsp3) is 0.133. The maximum atomic E-state index is 5.56. The highest BCUT2D eigenvalue weighted by Crippen LogP contribution is 2.27. The van der Waals surface area contributed by atoms with Gasteiger partial charge in [0.25, 0.3) is 0 Å². The molecule has 0 atom stereocenters. The SMILES string of the molecule is COc1ccc(C(=Nc2ccccc2)NN)cc1OC. The fourth-order valence-electron chi connectivity index (χ4n) is 1.80. The third-order valence-electron chi connectivity index (χ3n) is 2.79. The Labute approximate surface area is 118 Å². The molecule has 0 aliphatic heterocycles. The van der Waals surface area contributed by atoms with Crippen molar-refractivity contribution >= 4 is 11.5 Å². The normalized spacial score (nSPS) is 11.1. The van der Waals surface area contributed by atoms with Gasteiger partial charge in [0, 0.05) is 5.56 Å². The van der Waals surface area contributed by atoms with E-state index in [4.69, 9.17) is 15.3 Å². The van der Waals surface area contributed by atoms with Gasteiger partial charge in [-0.3, -0.25) is 0 Å². The molecule has 2 aromatic carbocycles. The second-order valence-electron chi connectivity index (χ2n) is 4.01. The van der Waals surface area contributed by atoms with Crippen LogP contribution >= 0.6 is 0 Å². The van der Waals surface area contributed by atoms with Gasteiger partial charge in [-0.05, 0) is 30.3 Å². The molecular weight excluding hydrogens is 254 g/mol. The number of amidine groups is 1. The van der Waals surface area contributed by atoms with Crippen LogP contribution < -0.4 is 20.7 Å². The minimum Gasteiger partial charge on any atom is -0.493 e. The number of rotatable bonds is 4. The Bertz CT molecular complexity index is 597. The van der Waals surface area contributed by atoms with Gasteiger partial charge in [0.15, 0.2) is 11.5 Å². The minimum absolute atomic E-state index is 0.553. The van der Waals surface area contributed by atoms with E-state index >= 15 is 0 Å². The van der Waals surface area contributed by atoms with E-state index in [0.29, 0.717) is 17.3 Å². The van der Waals surface area contributed by atoms with Gasteiger partial charge in [0.2, 0.25) is 0 Å². The van der Waals surface area contributed by atoms with E-state index in [1.54, 1.807) is 14.2 Å². The number of nitrogens with two attached hydrogens (primary N) is 1. The molecule has 0 fully saturated rings. The summed E-state index contributed by atoms with van der Waals surface area (Å²) in [5.74, 6) is 7.40. The Kier molecular flexibility index (Phi) is 4.57. The Morgan fingerprint density at radius 3 is 2.30 bits per heavy atom. The van der Waals surface area contributed by atoms with E-state index in [1.165, 1.54) is 0 Å². The van der Waals surface area contributed by atoms with Crippen LogP contribution in [0.25, 0.3) is 0 Å². The number of para-hydroxylation sites is 1. The van der Waals surface area contributed by atoms with E-state index in [9.17, 15) is 0 Å². The molecule has 0 amide bonds. The number of ether oxygens (including phenoxy) is 2. The zero-order valence-corrected chi connectivity index (χ0v) is 11.5. The molecule has 0 bridgehead atoms. The van der Waals surface area contributed by atoms with Crippen molar-refractivity contribution in [3.8, 4) is 11.5 Å². The molecule has 5 heteroatoms. The Balaban J connectivity index is 2.39. The second-order valence-corrected chi connectivity index (χ2v) is 4.01. The van der Waals surface area contributed by atoms with E-state index in [0.717, 1.165) is 11.3 Å². The van der Waals surface area contributed by atoms with Gasteiger partial charge in [-0.15, -0.1) is 0 Å². The summed E-state index contributed by atoms with van der Waals surface area (Å²) in [4.78, 5) is 4.46. The number of nitrogens with one attached hydrogen (secondary N) is 1. The first-order valence-corrected chi connectivity index (χ1v) is 6.11. The van der Waals surface area contributed by atoms with Crippen molar-refractivity contribution in [1.82, 2.24) is 5.43 Å². The first kappa shape index (κ1) is 13.9. The van der Waals surface area contributed by atoms with Crippen molar-refractivity contribution in [2.45, 2.75) is 0 Å². The lowest BCUT2D eigenvalue weighted by Gasteiger charge is -2.11. The molecule has 20 heavy (non-hydrogen) atoms. The summed E-state index contributed by atoms with van der Waals surface area (Å²) in [6, 6.07) is 15.1. The van der Waals surface area contributed by atoms with Crippen LogP contribution in [0.3, 0.4) is 0 Å². The summed E-state index contributed by atoms with van der Waals surface area (Å²) in [5, 5.41) is 0. The van der Waals surface area contributed by atoms with Crippen molar-refractivity contribution in [2.24, 2.45) is 10.8 Å². The lowest BCUT2D eigenvalue weighted by molar-refractivity contribution is 0.355. The summed E-state index contributed by atoms with van der Waals surface area (Å²) in [6.07, 6.45) is 0. The number of hydrogen-bond acceptors (Lipinski definition) is 4. The summed E-state index contributed by atoms with van der Waals surface area (Å²) >= 11 is 0. The van der Waals surface area contributed by atoms with Crippen molar-refractivity contribution in [3.63, 3.8) is 0 Å². The predicted molar refractivity (Wildman–Crippen MR) is 79.5 cm³/mol. The molecular formula is C15H17N3O2. The molecule has 0 aliphatic carbocycles.